The molecule has 0 amide bonds. The van der Waals surface area contributed by atoms with E-state index in [1.54, 1.807) is 7.11 Å². The van der Waals surface area contributed by atoms with Gasteiger partial charge in [-0.1, -0.05) is 60.7 Å². The fourth-order valence-electron chi connectivity index (χ4n) is 3.35. The minimum atomic E-state index is 0.790. The first-order valence-corrected chi connectivity index (χ1v) is 8.91. The SMILES string of the molecule is COc1ccccc1-n1c(C)nnc1-c1ccc(-c2ccccc2C)cc1. The minimum absolute atomic E-state index is 0.790. The summed E-state index contributed by atoms with van der Waals surface area (Å²) in [6, 6.07) is 24.8. The first-order chi connectivity index (χ1) is 13.2. The average molecular weight is 355 g/mol. The Kier molecular flexibility index (Phi) is 4.47. The summed E-state index contributed by atoms with van der Waals surface area (Å²) >= 11 is 0. The first kappa shape index (κ1) is 17.0. The van der Waals surface area contributed by atoms with Crippen molar-refractivity contribution < 1.29 is 4.74 Å². The normalized spacial score (nSPS) is 10.8. The molecule has 0 N–H and O–H groups in total. The van der Waals surface area contributed by atoms with Gasteiger partial charge in [-0.2, -0.15) is 0 Å². The number of nitrogens with zero attached hydrogens (tertiary/aromatic N) is 3. The maximum Gasteiger partial charge on any atom is 0.168 e. The van der Waals surface area contributed by atoms with E-state index in [4.69, 9.17) is 4.74 Å². The Labute approximate surface area is 159 Å². The summed E-state index contributed by atoms with van der Waals surface area (Å²) in [5.74, 6) is 2.41. The van der Waals surface area contributed by atoms with Crippen LogP contribution >= 0.6 is 0 Å². The summed E-state index contributed by atoms with van der Waals surface area (Å²) in [6.45, 7) is 4.08. The lowest BCUT2D eigenvalue weighted by atomic mass is 9.99. The molecular weight excluding hydrogens is 334 g/mol. The van der Waals surface area contributed by atoms with Gasteiger partial charge in [-0.3, -0.25) is 4.57 Å². The van der Waals surface area contributed by atoms with Gasteiger partial charge in [-0.05, 0) is 42.7 Å². The highest BCUT2D eigenvalue weighted by atomic mass is 16.5. The molecule has 0 spiro atoms. The number of ether oxygens (including phenoxy) is 1. The van der Waals surface area contributed by atoms with Crippen LogP contribution in [-0.4, -0.2) is 21.9 Å². The Morgan fingerprint density at radius 2 is 1.41 bits per heavy atom. The molecule has 1 aromatic heterocycles. The van der Waals surface area contributed by atoms with E-state index in [0.29, 0.717) is 0 Å². The molecule has 0 bridgehead atoms. The number of rotatable bonds is 4. The van der Waals surface area contributed by atoms with Crippen molar-refractivity contribution >= 4 is 0 Å². The van der Waals surface area contributed by atoms with Crippen LogP contribution in [0.2, 0.25) is 0 Å². The molecule has 0 fully saturated rings. The third kappa shape index (κ3) is 3.10. The molecule has 1 heterocycles. The molecule has 0 aliphatic heterocycles. The van der Waals surface area contributed by atoms with Gasteiger partial charge in [0.15, 0.2) is 5.82 Å². The van der Waals surface area contributed by atoms with Gasteiger partial charge in [0.25, 0.3) is 0 Å². The minimum Gasteiger partial charge on any atom is -0.495 e. The fraction of sp³-hybridized carbons (Fsp3) is 0.130. The third-order valence-corrected chi connectivity index (χ3v) is 4.75. The number of benzene rings is 3. The summed E-state index contributed by atoms with van der Waals surface area (Å²) in [7, 11) is 1.68. The lowest BCUT2D eigenvalue weighted by Gasteiger charge is -2.13. The zero-order valence-corrected chi connectivity index (χ0v) is 15.7. The summed E-state index contributed by atoms with van der Waals surface area (Å²) in [5, 5.41) is 8.71. The van der Waals surface area contributed by atoms with Crippen molar-refractivity contribution in [1.29, 1.82) is 0 Å². The number of methoxy groups -OCH3 is 1. The third-order valence-electron chi connectivity index (χ3n) is 4.75. The van der Waals surface area contributed by atoms with Crippen LogP contribution in [-0.2, 0) is 0 Å². The van der Waals surface area contributed by atoms with Gasteiger partial charge in [-0.25, -0.2) is 0 Å². The zero-order valence-electron chi connectivity index (χ0n) is 15.7. The topological polar surface area (TPSA) is 39.9 Å². The van der Waals surface area contributed by atoms with Crippen LogP contribution in [0.5, 0.6) is 5.75 Å². The van der Waals surface area contributed by atoms with E-state index in [1.807, 2.05) is 35.8 Å². The Bertz CT molecular complexity index is 1080. The number of aromatic nitrogens is 3. The second kappa shape index (κ2) is 7.08. The Hall–Kier alpha value is -3.40. The molecule has 4 aromatic rings. The monoisotopic (exact) mass is 355 g/mol. The van der Waals surface area contributed by atoms with Gasteiger partial charge < -0.3 is 4.74 Å². The fourth-order valence-corrected chi connectivity index (χ4v) is 3.35. The van der Waals surface area contributed by atoms with E-state index in [9.17, 15) is 0 Å². The van der Waals surface area contributed by atoms with Crippen LogP contribution < -0.4 is 4.74 Å². The molecular formula is C23H21N3O. The zero-order chi connectivity index (χ0) is 18.8. The lowest BCUT2D eigenvalue weighted by molar-refractivity contribution is 0.412. The highest BCUT2D eigenvalue weighted by molar-refractivity contribution is 5.71. The Morgan fingerprint density at radius 1 is 0.741 bits per heavy atom. The molecule has 0 aliphatic carbocycles. The van der Waals surface area contributed by atoms with Crippen molar-refractivity contribution in [1.82, 2.24) is 14.8 Å². The molecule has 3 aromatic carbocycles. The van der Waals surface area contributed by atoms with Crippen molar-refractivity contribution in [3.8, 4) is 34.0 Å². The van der Waals surface area contributed by atoms with Crippen molar-refractivity contribution in [3.63, 3.8) is 0 Å². The van der Waals surface area contributed by atoms with Gasteiger partial charge in [0, 0.05) is 5.56 Å². The maximum atomic E-state index is 5.53. The van der Waals surface area contributed by atoms with Crippen LogP contribution in [0.15, 0.2) is 72.8 Å². The summed E-state index contributed by atoms with van der Waals surface area (Å²) in [6.07, 6.45) is 0. The van der Waals surface area contributed by atoms with Crippen LogP contribution in [0.4, 0.5) is 0 Å². The predicted molar refractivity (Wildman–Crippen MR) is 108 cm³/mol. The molecule has 0 atom stereocenters. The van der Waals surface area contributed by atoms with E-state index in [-0.39, 0.29) is 0 Å². The number of para-hydroxylation sites is 2. The number of hydrogen-bond donors (Lipinski definition) is 0. The predicted octanol–water partition coefficient (Wildman–Crippen LogP) is 5.23. The molecule has 4 nitrogen and oxygen atoms in total. The number of hydrogen-bond acceptors (Lipinski definition) is 3. The molecule has 134 valence electrons. The van der Waals surface area contributed by atoms with Gasteiger partial charge in [0.05, 0.1) is 12.8 Å². The smallest absolute Gasteiger partial charge is 0.168 e. The maximum absolute atomic E-state index is 5.53. The standard InChI is InChI=1S/C23H21N3O/c1-16-8-4-5-9-20(16)18-12-14-19(15-13-18)23-25-24-17(2)26(23)21-10-6-7-11-22(21)27-3/h4-15H,1-3H3. The van der Waals surface area contributed by atoms with Crippen molar-refractivity contribution in [2.45, 2.75) is 13.8 Å². The van der Waals surface area contributed by atoms with Crippen LogP contribution in [0, 0.1) is 13.8 Å². The van der Waals surface area contributed by atoms with Crippen LogP contribution in [0.1, 0.15) is 11.4 Å². The summed E-state index contributed by atoms with van der Waals surface area (Å²) in [4.78, 5) is 0. The van der Waals surface area contributed by atoms with Gasteiger partial charge >= 0.3 is 0 Å². The first-order valence-electron chi connectivity index (χ1n) is 8.91. The molecule has 4 rings (SSSR count). The second-order valence-corrected chi connectivity index (χ2v) is 6.47. The second-order valence-electron chi connectivity index (χ2n) is 6.47. The summed E-state index contributed by atoms with van der Waals surface area (Å²) < 4.78 is 7.56. The van der Waals surface area contributed by atoms with E-state index < -0.39 is 0 Å². The lowest BCUT2D eigenvalue weighted by Crippen LogP contribution is -2.02. The van der Waals surface area contributed by atoms with E-state index in [0.717, 1.165) is 28.6 Å². The number of aryl methyl sites for hydroxylation is 2. The Balaban J connectivity index is 1.79. The van der Waals surface area contributed by atoms with Crippen molar-refractivity contribution in [2.75, 3.05) is 7.11 Å². The van der Waals surface area contributed by atoms with Crippen molar-refractivity contribution in [2.24, 2.45) is 0 Å². The van der Waals surface area contributed by atoms with E-state index >= 15 is 0 Å². The molecule has 27 heavy (non-hydrogen) atoms. The molecule has 0 unspecified atom stereocenters. The highest BCUT2D eigenvalue weighted by Gasteiger charge is 2.16. The molecule has 0 saturated heterocycles. The van der Waals surface area contributed by atoms with Crippen LogP contribution in [0.25, 0.3) is 28.2 Å². The van der Waals surface area contributed by atoms with Gasteiger partial charge in [0.1, 0.15) is 11.6 Å². The Morgan fingerprint density at radius 3 is 2.15 bits per heavy atom. The molecule has 0 saturated carbocycles. The average Bonchev–Trinajstić information content (AvgIpc) is 3.09. The van der Waals surface area contributed by atoms with Crippen LogP contribution in [0.3, 0.4) is 0 Å². The highest BCUT2D eigenvalue weighted by Crippen LogP contribution is 2.30. The van der Waals surface area contributed by atoms with Crippen molar-refractivity contribution in [3.05, 3.63) is 84.2 Å². The molecule has 0 aliphatic rings. The van der Waals surface area contributed by atoms with Gasteiger partial charge in [-0.15, -0.1) is 10.2 Å². The van der Waals surface area contributed by atoms with E-state index in [1.165, 1.54) is 16.7 Å². The quantitative estimate of drug-likeness (QED) is 0.503. The van der Waals surface area contributed by atoms with Gasteiger partial charge in [0.2, 0.25) is 0 Å². The largest absolute Gasteiger partial charge is 0.495 e. The summed E-state index contributed by atoms with van der Waals surface area (Å²) in [5.41, 5.74) is 5.64. The molecule has 4 heteroatoms. The molecule has 0 radical (unpaired) electrons. The van der Waals surface area contributed by atoms with E-state index in [2.05, 4.69) is 65.7 Å².